The summed E-state index contributed by atoms with van der Waals surface area (Å²) in [5.41, 5.74) is 0. The van der Waals surface area contributed by atoms with Crippen LogP contribution < -0.4 is 5.32 Å². The summed E-state index contributed by atoms with van der Waals surface area (Å²) in [5.74, 6) is 0.965. The molecule has 0 aromatic rings. The van der Waals surface area contributed by atoms with Crippen molar-refractivity contribution in [2.24, 2.45) is 5.92 Å². The van der Waals surface area contributed by atoms with Crippen molar-refractivity contribution in [1.82, 2.24) is 15.1 Å². The van der Waals surface area contributed by atoms with Crippen LogP contribution in [0.5, 0.6) is 0 Å². The van der Waals surface area contributed by atoms with Crippen molar-refractivity contribution in [1.29, 1.82) is 0 Å². The molecule has 4 heteroatoms. The van der Waals surface area contributed by atoms with Crippen molar-refractivity contribution >= 4 is 5.91 Å². The van der Waals surface area contributed by atoms with E-state index in [2.05, 4.69) is 31.0 Å². The topological polar surface area (TPSA) is 35.6 Å². The summed E-state index contributed by atoms with van der Waals surface area (Å²) >= 11 is 0. The van der Waals surface area contributed by atoms with Crippen LogP contribution in [0.15, 0.2) is 0 Å². The van der Waals surface area contributed by atoms with E-state index >= 15 is 0 Å². The highest BCUT2D eigenvalue weighted by Crippen LogP contribution is 2.05. The fourth-order valence-electron chi connectivity index (χ4n) is 2.26. The standard InChI is InChI=1S/C14H29N3O/c1-4-13(3)11-16(5-2)12-14(18)17-9-6-7-15-8-10-17/h13,15H,4-12H2,1-3H3. The minimum Gasteiger partial charge on any atom is -0.340 e. The molecule has 0 spiro atoms. The molecule has 1 fully saturated rings. The lowest BCUT2D eigenvalue weighted by Gasteiger charge is -2.27. The van der Waals surface area contributed by atoms with Crippen molar-refractivity contribution in [3.8, 4) is 0 Å². The van der Waals surface area contributed by atoms with Crippen molar-refractivity contribution < 1.29 is 4.79 Å². The third-order valence-corrected chi connectivity index (χ3v) is 3.77. The van der Waals surface area contributed by atoms with Crippen LogP contribution in [0, 0.1) is 5.92 Å². The Morgan fingerprint density at radius 3 is 2.78 bits per heavy atom. The summed E-state index contributed by atoms with van der Waals surface area (Å²) in [6.07, 6.45) is 2.25. The third kappa shape index (κ3) is 5.36. The first kappa shape index (κ1) is 15.4. The Balaban J connectivity index is 2.39. The summed E-state index contributed by atoms with van der Waals surface area (Å²) in [5, 5.41) is 3.33. The quantitative estimate of drug-likeness (QED) is 0.774. The van der Waals surface area contributed by atoms with Gasteiger partial charge in [0.25, 0.3) is 0 Å². The number of nitrogens with zero attached hydrogens (tertiary/aromatic N) is 2. The Hall–Kier alpha value is -0.610. The van der Waals surface area contributed by atoms with Crippen LogP contribution in [0.4, 0.5) is 0 Å². The summed E-state index contributed by atoms with van der Waals surface area (Å²) in [6, 6.07) is 0. The summed E-state index contributed by atoms with van der Waals surface area (Å²) in [4.78, 5) is 16.5. The molecule has 1 atom stereocenters. The van der Waals surface area contributed by atoms with E-state index in [0.717, 1.165) is 45.7 Å². The second-order valence-electron chi connectivity index (χ2n) is 5.33. The van der Waals surface area contributed by atoms with Gasteiger partial charge in [-0.3, -0.25) is 9.69 Å². The van der Waals surface area contributed by atoms with Crippen LogP contribution >= 0.6 is 0 Å². The molecule has 0 aromatic carbocycles. The number of rotatable bonds is 6. The number of amides is 1. The minimum atomic E-state index is 0.295. The van der Waals surface area contributed by atoms with E-state index < -0.39 is 0 Å². The first-order valence-electron chi connectivity index (χ1n) is 7.38. The average molecular weight is 255 g/mol. The van der Waals surface area contributed by atoms with Crippen LogP contribution in [-0.4, -0.2) is 61.5 Å². The van der Waals surface area contributed by atoms with Gasteiger partial charge in [0.05, 0.1) is 6.54 Å². The monoisotopic (exact) mass is 255 g/mol. The molecule has 1 amide bonds. The molecular weight excluding hydrogens is 226 g/mol. The lowest BCUT2D eigenvalue weighted by molar-refractivity contribution is -0.132. The first-order chi connectivity index (χ1) is 8.67. The van der Waals surface area contributed by atoms with Crippen LogP contribution in [0.2, 0.25) is 0 Å². The first-order valence-corrected chi connectivity index (χ1v) is 7.38. The van der Waals surface area contributed by atoms with Gasteiger partial charge in [-0.2, -0.15) is 0 Å². The van der Waals surface area contributed by atoms with E-state index in [0.29, 0.717) is 18.4 Å². The zero-order chi connectivity index (χ0) is 13.4. The maximum Gasteiger partial charge on any atom is 0.236 e. The molecule has 1 N–H and O–H groups in total. The van der Waals surface area contributed by atoms with Crippen molar-refractivity contribution in [2.45, 2.75) is 33.6 Å². The lowest BCUT2D eigenvalue weighted by Crippen LogP contribution is -2.43. The lowest BCUT2D eigenvalue weighted by atomic mass is 10.1. The van der Waals surface area contributed by atoms with E-state index in [9.17, 15) is 4.79 Å². The predicted octanol–water partition coefficient (Wildman–Crippen LogP) is 1.18. The third-order valence-electron chi connectivity index (χ3n) is 3.77. The molecule has 1 aliphatic rings. The van der Waals surface area contributed by atoms with Crippen LogP contribution in [0.1, 0.15) is 33.6 Å². The number of nitrogens with one attached hydrogen (secondary N) is 1. The molecule has 1 heterocycles. The van der Waals surface area contributed by atoms with Crippen LogP contribution in [0.3, 0.4) is 0 Å². The van der Waals surface area contributed by atoms with Crippen molar-refractivity contribution in [2.75, 3.05) is 45.8 Å². The fourth-order valence-corrected chi connectivity index (χ4v) is 2.26. The van der Waals surface area contributed by atoms with Gasteiger partial charge in [0, 0.05) is 26.2 Å². The highest BCUT2D eigenvalue weighted by molar-refractivity contribution is 5.78. The Bertz CT molecular complexity index is 237. The van der Waals surface area contributed by atoms with Gasteiger partial charge < -0.3 is 10.2 Å². The SMILES string of the molecule is CCC(C)CN(CC)CC(=O)N1CCCNCC1. The maximum absolute atomic E-state index is 12.2. The molecule has 1 saturated heterocycles. The van der Waals surface area contributed by atoms with Gasteiger partial charge in [-0.15, -0.1) is 0 Å². The maximum atomic E-state index is 12.2. The van der Waals surface area contributed by atoms with Gasteiger partial charge >= 0.3 is 0 Å². The second-order valence-corrected chi connectivity index (χ2v) is 5.33. The van der Waals surface area contributed by atoms with Crippen LogP contribution in [-0.2, 0) is 4.79 Å². The van der Waals surface area contributed by atoms with Crippen molar-refractivity contribution in [3.63, 3.8) is 0 Å². The van der Waals surface area contributed by atoms with Gasteiger partial charge in [-0.1, -0.05) is 27.2 Å². The summed E-state index contributed by atoms with van der Waals surface area (Å²) < 4.78 is 0. The number of carbonyl (C=O) groups is 1. The molecule has 1 unspecified atom stereocenters. The van der Waals surface area contributed by atoms with Gasteiger partial charge in [0.2, 0.25) is 5.91 Å². The number of likely N-dealkylation sites (N-methyl/N-ethyl adjacent to an activating group) is 1. The van der Waals surface area contributed by atoms with Gasteiger partial charge in [-0.25, -0.2) is 0 Å². The Kier molecular flexibility index (Phi) is 7.28. The number of hydrogen-bond acceptors (Lipinski definition) is 3. The zero-order valence-corrected chi connectivity index (χ0v) is 12.2. The molecule has 106 valence electrons. The normalized spacial score (nSPS) is 18.8. The zero-order valence-electron chi connectivity index (χ0n) is 12.2. The Labute approximate surface area is 112 Å². The van der Waals surface area contributed by atoms with E-state index in [1.165, 1.54) is 6.42 Å². The second kappa shape index (κ2) is 8.48. The average Bonchev–Trinajstić information content (AvgIpc) is 2.66. The number of carbonyl (C=O) groups excluding carboxylic acids is 1. The van der Waals surface area contributed by atoms with Gasteiger partial charge in [0.1, 0.15) is 0 Å². The van der Waals surface area contributed by atoms with Gasteiger partial charge in [-0.05, 0) is 25.4 Å². The molecule has 0 bridgehead atoms. The van der Waals surface area contributed by atoms with Gasteiger partial charge in [0.15, 0.2) is 0 Å². The smallest absolute Gasteiger partial charge is 0.236 e. The van der Waals surface area contributed by atoms with E-state index in [4.69, 9.17) is 0 Å². The largest absolute Gasteiger partial charge is 0.340 e. The Morgan fingerprint density at radius 1 is 1.33 bits per heavy atom. The molecule has 18 heavy (non-hydrogen) atoms. The Morgan fingerprint density at radius 2 is 2.11 bits per heavy atom. The highest BCUT2D eigenvalue weighted by Gasteiger charge is 2.18. The molecule has 4 nitrogen and oxygen atoms in total. The van der Waals surface area contributed by atoms with E-state index in [-0.39, 0.29) is 0 Å². The number of hydrogen-bond donors (Lipinski definition) is 1. The molecule has 0 aliphatic carbocycles. The highest BCUT2D eigenvalue weighted by atomic mass is 16.2. The van der Waals surface area contributed by atoms with E-state index in [1.807, 2.05) is 4.90 Å². The predicted molar refractivity (Wildman–Crippen MR) is 75.6 cm³/mol. The van der Waals surface area contributed by atoms with Crippen molar-refractivity contribution in [3.05, 3.63) is 0 Å². The molecule has 0 radical (unpaired) electrons. The minimum absolute atomic E-state index is 0.295. The molecule has 1 aliphatic heterocycles. The summed E-state index contributed by atoms with van der Waals surface area (Å²) in [6.45, 7) is 12.9. The molecule has 0 saturated carbocycles. The molecule has 0 aromatic heterocycles. The van der Waals surface area contributed by atoms with Crippen LogP contribution in [0.25, 0.3) is 0 Å². The molecule has 1 rings (SSSR count). The summed E-state index contributed by atoms with van der Waals surface area (Å²) in [7, 11) is 0. The fraction of sp³-hybridized carbons (Fsp3) is 0.929. The molecular formula is C14H29N3O. The van der Waals surface area contributed by atoms with E-state index in [1.54, 1.807) is 0 Å².